The molecule has 0 fully saturated rings. The van der Waals surface area contributed by atoms with Crippen LogP contribution in [-0.2, 0) is 23.6 Å². The number of carbonyl (C=O) groups excluding carboxylic acids is 2. The van der Waals surface area contributed by atoms with Crippen molar-refractivity contribution in [3.05, 3.63) is 28.2 Å². The van der Waals surface area contributed by atoms with Crippen LogP contribution in [0.5, 0.6) is 0 Å². The number of aromatic nitrogens is 2. The number of carbonyl (C=O) groups is 2. The number of benzene rings is 1. The van der Waals surface area contributed by atoms with Crippen molar-refractivity contribution in [1.82, 2.24) is 9.13 Å². The van der Waals surface area contributed by atoms with E-state index in [0.717, 1.165) is 0 Å². The second kappa shape index (κ2) is 6.03. The van der Waals surface area contributed by atoms with Crippen LogP contribution in [0.15, 0.2) is 16.9 Å². The smallest absolute Gasteiger partial charge is 0.412 e. The molecule has 1 aromatic carbocycles. The Labute approximate surface area is 139 Å². The maximum absolute atomic E-state index is 12.1. The first-order valence-corrected chi connectivity index (χ1v) is 7.33. The van der Waals surface area contributed by atoms with Crippen LogP contribution in [0.2, 0.25) is 0 Å². The number of nitrogens with one attached hydrogen (secondary N) is 1. The lowest BCUT2D eigenvalue weighted by atomic mass is 10.1. The fourth-order valence-electron chi connectivity index (χ4n) is 2.34. The third-order valence-electron chi connectivity index (χ3n) is 3.45. The Bertz CT molecular complexity index is 870. The summed E-state index contributed by atoms with van der Waals surface area (Å²) in [6.07, 6.45) is -0.701. The maximum Gasteiger partial charge on any atom is 0.412 e. The standard InChI is InChI=1S/C16H21N3O5/c1-16(2,3)24-14(21)17-10-8-12-11(7-9(10)13(20)23-6)18(4)15(22)19(12)5/h7-8H,1-6H3,(H,17,21). The molecule has 0 aliphatic heterocycles. The zero-order chi connectivity index (χ0) is 18.2. The Morgan fingerprint density at radius 2 is 1.62 bits per heavy atom. The number of aryl methyl sites for hydroxylation is 2. The van der Waals surface area contributed by atoms with Gasteiger partial charge in [0, 0.05) is 14.1 Å². The molecule has 2 rings (SSSR count). The summed E-state index contributed by atoms with van der Waals surface area (Å²) in [5.74, 6) is -0.626. The van der Waals surface area contributed by atoms with Gasteiger partial charge in [0.15, 0.2) is 0 Å². The van der Waals surface area contributed by atoms with E-state index in [0.29, 0.717) is 11.0 Å². The molecule has 1 amide bonds. The van der Waals surface area contributed by atoms with E-state index >= 15 is 0 Å². The Morgan fingerprint density at radius 3 is 2.12 bits per heavy atom. The van der Waals surface area contributed by atoms with Gasteiger partial charge in [-0.25, -0.2) is 14.4 Å². The number of methoxy groups -OCH3 is 1. The van der Waals surface area contributed by atoms with Crippen LogP contribution in [0.25, 0.3) is 11.0 Å². The predicted octanol–water partition coefficient (Wildman–Crippen LogP) is 2.01. The lowest BCUT2D eigenvalue weighted by molar-refractivity contribution is 0.0602. The summed E-state index contributed by atoms with van der Waals surface area (Å²) in [6.45, 7) is 5.20. The fraction of sp³-hybridized carbons (Fsp3) is 0.438. The average molecular weight is 335 g/mol. The molecule has 1 heterocycles. The molecule has 0 saturated heterocycles. The Hall–Kier alpha value is -2.77. The van der Waals surface area contributed by atoms with Gasteiger partial charge < -0.3 is 9.47 Å². The van der Waals surface area contributed by atoms with Crippen molar-refractivity contribution in [2.45, 2.75) is 26.4 Å². The summed E-state index contributed by atoms with van der Waals surface area (Å²) < 4.78 is 12.8. The number of nitrogens with zero attached hydrogens (tertiary/aromatic N) is 2. The van der Waals surface area contributed by atoms with E-state index in [2.05, 4.69) is 5.32 Å². The van der Waals surface area contributed by atoms with Gasteiger partial charge in [-0.2, -0.15) is 0 Å². The van der Waals surface area contributed by atoms with Crippen molar-refractivity contribution in [1.29, 1.82) is 0 Å². The largest absolute Gasteiger partial charge is 0.465 e. The monoisotopic (exact) mass is 335 g/mol. The second-order valence-corrected chi connectivity index (χ2v) is 6.41. The summed E-state index contributed by atoms with van der Waals surface area (Å²) in [5, 5.41) is 2.54. The zero-order valence-electron chi connectivity index (χ0n) is 14.6. The summed E-state index contributed by atoms with van der Waals surface area (Å²) in [6, 6.07) is 3.06. The lowest BCUT2D eigenvalue weighted by Crippen LogP contribution is -2.27. The van der Waals surface area contributed by atoms with Crippen LogP contribution in [-0.4, -0.2) is 33.9 Å². The van der Waals surface area contributed by atoms with Crippen molar-refractivity contribution in [2.24, 2.45) is 14.1 Å². The van der Waals surface area contributed by atoms with Crippen LogP contribution >= 0.6 is 0 Å². The summed E-state index contributed by atoms with van der Waals surface area (Å²) in [7, 11) is 4.46. The Balaban J connectivity index is 2.58. The van der Waals surface area contributed by atoms with Gasteiger partial charge in [0.05, 0.1) is 29.4 Å². The molecule has 0 radical (unpaired) electrons. The highest BCUT2D eigenvalue weighted by Crippen LogP contribution is 2.25. The van der Waals surface area contributed by atoms with E-state index in [1.54, 1.807) is 40.9 Å². The van der Waals surface area contributed by atoms with Crippen molar-refractivity contribution in [2.75, 3.05) is 12.4 Å². The first kappa shape index (κ1) is 17.6. The third-order valence-corrected chi connectivity index (χ3v) is 3.45. The molecule has 0 saturated carbocycles. The minimum absolute atomic E-state index is 0.136. The maximum atomic E-state index is 12.1. The predicted molar refractivity (Wildman–Crippen MR) is 89.4 cm³/mol. The number of fused-ring (bicyclic) bond motifs is 1. The highest BCUT2D eigenvalue weighted by Gasteiger charge is 2.21. The van der Waals surface area contributed by atoms with Crippen molar-refractivity contribution in [3.8, 4) is 0 Å². The van der Waals surface area contributed by atoms with Crippen molar-refractivity contribution >= 4 is 28.8 Å². The normalized spacial score (nSPS) is 11.4. The number of esters is 1. The molecule has 0 bridgehead atoms. The molecule has 0 unspecified atom stereocenters. The molecule has 1 N–H and O–H groups in total. The van der Waals surface area contributed by atoms with Crippen LogP contribution in [0, 0.1) is 0 Å². The Morgan fingerprint density at radius 1 is 1.08 bits per heavy atom. The molecule has 8 heteroatoms. The van der Waals surface area contributed by atoms with E-state index in [1.165, 1.54) is 22.3 Å². The molecule has 0 spiro atoms. The van der Waals surface area contributed by atoms with Gasteiger partial charge in [-0.3, -0.25) is 14.5 Å². The van der Waals surface area contributed by atoms with Crippen LogP contribution in [0.4, 0.5) is 10.5 Å². The molecule has 1 aromatic heterocycles. The molecule has 130 valence electrons. The van der Waals surface area contributed by atoms with E-state index in [-0.39, 0.29) is 16.9 Å². The number of ether oxygens (including phenoxy) is 2. The van der Waals surface area contributed by atoms with Gasteiger partial charge in [-0.15, -0.1) is 0 Å². The molecule has 0 aliphatic rings. The number of hydrogen-bond donors (Lipinski definition) is 1. The minimum Gasteiger partial charge on any atom is -0.465 e. The number of imidazole rings is 1. The number of anilines is 1. The van der Waals surface area contributed by atoms with E-state index in [4.69, 9.17) is 9.47 Å². The summed E-state index contributed by atoms with van der Waals surface area (Å²) >= 11 is 0. The number of hydrogen-bond acceptors (Lipinski definition) is 5. The van der Waals surface area contributed by atoms with Crippen LogP contribution in [0.3, 0.4) is 0 Å². The molecule has 0 atom stereocenters. The SMILES string of the molecule is COC(=O)c1cc2c(cc1NC(=O)OC(C)(C)C)n(C)c(=O)n2C. The Kier molecular flexibility index (Phi) is 4.42. The number of amides is 1. The van der Waals surface area contributed by atoms with Gasteiger partial charge in [0.25, 0.3) is 0 Å². The highest BCUT2D eigenvalue weighted by molar-refractivity contribution is 6.03. The molecule has 24 heavy (non-hydrogen) atoms. The van der Waals surface area contributed by atoms with Gasteiger partial charge in [-0.1, -0.05) is 0 Å². The molecule has 8 nitrogen and oxygen atoms in total. The van der Waals surface area contributed by atoms with Gasteiger partial charge in [-0.05, 0) is 32.9 Å². The zero-order valence-corrected chi connectivity index (χ0v) is 14.6. The van der Waals surface area contributed by atoms with E-state index in [9.17, 15) is 14.4 Å². The molecular formula is C16H21N3O5. The third kappa shape index (κ3) is 3.27. The quantitative estimate of drug-likeness (QED) is 0.848. The molecule has 0 aliphatic carbocycles. The van der Waals surface area contributed by atoms with Crippen molar-refractivity contribution < 1.29 is 19.1 Å². The number of rotatable bonds is 2. The highest BCUT2D eigenvalue weighted by atomic mass is 16.6. The average Bonchev–Trinajstić information content (AvgIpc) is 2.68. The minimum atomic E-state index is -0.701. The van der Waals surface area contributed by atoms with Gasteiger partial charge in [0.1, 0.15) is 5.60 Å². The van der Waals surface area contributed by atoms with Gasteiger partial charge >= 0.3 is 17.8 Å². The summed E-state index contributed by atoms with van der Waals surface area (Å²) in [5.41, 5.74) is 0.551. The molecule has 2 aromatic rings. The van der Waals surface area contributed by atoms with Crippen molar-refractivity contribution in [3.63, 3.8) is 0 Å². The topological polar surface area (TPSA) is 91.6 Å². The fourth-order valence-corrected chi connectivity index (χ4v) is 2.34. The second-order valence-electron chi connectivity index (χ2n) is 6.41. The molecular weight excluding hydrogens is 314 g/mol. The van der Waals surface area contributed by atoms with E-state index < -0.39 is 17.7 Å². The van der Waals surface area contributed by atoms with Crippen LogP contribution in [0.1, 0.15) is 31.1 Å². The summed E-state index contributed by atoms with van der Waals surface area (Å²) in [4.78, 5) is 36.1. The van der Waals surface area contributed by atoms with Crippen LogP contribution < -0.4 is 11.0 Å². The lowest BCUT2D eigenvalue weighted by Gasteiger charge is -2.20. The first-order chi connectivity index (χ1) is 11.0. The van der Waals surface area contributed by atoms with E-state index in [1.807, 2.05) is 0 Å². The van der Waals surface area contributed by atoms with Gasteiger partial charge in [0.2, 0.25) is 0 Å². The first-order valence-electron chi connectivity index (χ1n) is 7.33.